The van der Waals surface area contributed by atoms with Crippen molar-refractivity contribution in [2.45, 2.75) is 46.5 Å². The number of amides is 1. The molecule has 6 nitrogen and oxygen atoms in total. The van der Waals surface area contributed by atoms with E-state index in [1.165, 1.54) is 5.56 Å². The van der Waals surface area contributed by atoms with Crippen molar-refractivity contribution in [2.75, 3.05) is 38.2 Å². The van der Waals surface area contributed by atoms with Gasteiger partial charge in [-0.05, 0) is 44.4 Å². The van der Waals surface area contributed by atoms with E-state index in [0.717, 1.165) is 74.1 Å². The van der Waals surface area contributed by atoms with E-state index in [2.05, 4.69) is 35.9 Å². The predicted octanol–water partition coefficient (Wildman–Crippen LogP) is 3.53. The first-order valence-corrected chi connectivity index (χ1v) is 10.5. The molecule has 156 valence electrons. The maximum atomic E-state index is 12.3. The molecule has 1 aromatic heterocycles. The van der Waals surface area contributed by atoms with Crippen LogP contribution in [-0.2, 0) is 11.2 Å². The van der Waals surface area contributed by atoms with Crippen LogP contribution in [-0.4, -0.2) is 54.1 Å². The summed E-state index contributed by atoms with van der Waals surface area (Å²) in [7, 11) is 1.68. The van der Waals surface area contributed by atoms with Crippen LogP contribution < -0.4 is 9.64 Å². The van der Waals surface area contributed by atoms with Gasteiger partial charge in [-0.3, -0.25) is 4.79 Å². The predicted molar refractivity (Wildman–Crippen MR) is 116 cm³/mol. The largest absolute Gasteiger partial charge is 0.497 e. The molecule has 3 rings (SSSR count). The molecule has 0 aliphatic carbocycles. The molecule has 0 unspecified atom stereocenters. The van der Waals surface area contributed by atoms with E-state index in [1.54, 1.807) is 7.11 Å². The summed E-state index contributed by atoms with van der Waals surface area (Å²) in [6.07, 6.45) is 3.27. The van der Waals surface area contributed by atoms with Gasteiger partial charge in [0.1, 0.15) is 17.4 Å². The van der Waals surface area contributed by atoms with Crippen molar-refractivity contribution in [3.63, 3.8) is 0 Å². The molecule has 0 radical (unpaired) electrons. The number of carbonyl (C=O) groups is 1. The Kier molecular flexibility index (Phi) is 7.07. The highest BCUT2D eigenvalue weighted by Gasteiger charge is 2.22. The van der Waals surface area contributed by atoms with Crippen LogP contribution in [0.3, 0.4) is 0 Å². The fourth-order valence-corrected chi connectivity index (χ4v) is 3.88. The third-order valence-electron chi connectivity index (χ3n) is 5.46. The Morgan fingerprint density at radius 1 is 1.07 bits per heavy atom. The fourth-order valence-electron chi connectivity index (χ4n) is 3.88. The van der Waals surface area contributed by atoms with Crippen LogP contribution in [0.4, 0.5) is 5.82 Å². The zero-order valence-corrected chi connectivity index (χ0v) is 18.1. The standard InChI is InChI=1S/C23H32N4O2/c1-5-7-22(28)26-12-6-13-27(15-14-26)23-21(17(2)24-18(3)25-23)16-19-8-10-20(29-4)11-9-19/h8-11H,5-7,12-16H2,1-4H3. The molecule has 2 heterocycles. The summed E-state index contributed by atoms with van der Waals surface area (Å²) in [5.41, 5.74) is 3.39. The minimum Gasteiger partial charge on any atom is -0.497 e. The molecule has 0 N–H and O–H groups in total. The van der Waals surface area contributed by atoms with Gasteiger partial charge in [0, 0.05) is 50.3 Å². The second kappa shape index (κ2) is 9.72. The zero-order valence-electron chi connectivity index (χ0n) is 18.1. The van der Waals surface area contributed by atoms with Crippen molar-refractivity contribution in [3.05, 3.63) is 46.9 Å². The van der Waals surface area contributed by atoms with Crippen molar-refractivity contribution >= 4 is 11.7 Å². The normalized spacial score (nSPS) is 14.6. The smallest absolute Gasteiger partial charge is 0.222 e. The van der Waals surface area contributed by atoms with Crippen molar-refractivity contribution in [1.82, 2.24) is 14.9 Å². The Balaban J connectivity index is 1.83. The monoisotopic (exact) mass is 396 g/mol. The number of carbonyl (C=O) groups excluding carboxylic acids is 1. The maximum absolute atomic E-state index is 12.3. The highest BCUT2D eigenvalue weighted by atomic mass is 16.5. The van der Waals surface area contributed by atoms with E-state index in [9.17, 15) is 4.79 Å². The van der Waals surface area contributed by atoms with Crippen LogP contribution in [0.5, 0.6) is 5.75 Å². The van der Waals surface area contributed by atoms with Crippen molar-refractivity contribution in [3.8, 4) is 5.75 Å². The minimum atomic E-state index is 0.267. The molecule has 0 saturated carbocycles. The molecule has 0 spiro atoms. The first-order chi connectivity index (χ1) is 14.0. The average Bonchev–Trinajstić information content (AvgIpc) is 2.97. The number of aromatic nitrogens is 2. The number of hydrogen-bond donors (Lipinski definition) is 0. The quantitative estimate of drug-likeness (QED) is 0.748. The van der Waals surface area contributed by atoms with Crippen LogP contribution >= 0.6 is 0 Å². The van der Waals surface area contributed by atoms with Crippen molar-refractivity contribution in [2.24, 2.45) is 0 Å². The van der Waals surface area contributed by atoms with Gasteiger partial charge in [0.2, 0.25) is 5.91 Å². The molecule has 2 aromatic rings. The van der Waals surface area contributed by atoms with E-state index in [-0.39, 0.29) is 5.91 Å². The Morgan fingerprint density at radius 3 is 2.52 bits per heavy atom. The number of hydrogen-bond acceptors (Lipinski definition) is 5. The van der Waals surface area contributed by atoms with Gasteiger partial charge in [-0.1, -0.05) is 19.1 Å². The highest BCUT2D eigenvalue weighted by Crippen LogP contribution is 2.26. The number of nitrogens with zero attached hydrogens (tertiary/aromatic N) is 4. The number of anilines is 1. The lowest BCUT2D eigenvalue weighted by Gasteiger charge is -2.26. The summed E-state index contributed by atoms with van der Waals surface area (Å²) in [6.45, 7) is 9.35. The molecular formula is C23H32N4O2. The Bertz CT molecular complexity index is 836. The molecule has 0 atom stereocenters. The Hall–Kier alpha value is -2.63. The third kappa shape index (κ3) is 5.25. The topological polar surface area (TPSA) is 58.6 Å². The van der Waals surface area contributed by atoms with Crippen LogP contribution in [0.25, 0.3) is 0 Å². The number of methoxy groups -OCH3 is 1. The number of aryl methyl sites for hydroxylation is 2. The number of benzene rings is 1. The van der Waals surface area contributed by atoms with Gasteiger partial charge in [-0.2, -0.15) is 0 Å². The van der Waals surface area contributed by atoms with Crippen LogP contribution in [0.1, 0.15) is 48.8 Å². The van der Waals surface area contributed by atoms with E-state index in [4.69, 9.17) is 9.72 Å². The first-order valence-electron chi connectivity index (χ1n) is 10.5. The molecule has 1 aromatic carbocycles. The summed E-state index contributed by atoms with van der Waals surface area (Å²) in [5, 5.41) is 0. The van der Waals surface area contributed by atoms with Gasteiger partial charge >= 0.3 is 0 Å². The average molecular weight is 397 g/mol. The number of rotatable bonds is 6. The molecule has 0 bridgehead atoms. The van der Waals surface area contributed by atoms with Gasteiger partial charge < -0.3 is 14.5 Å². The van der Waals surface area contributed by atoms with Gasteiger partial charge in [0.25, 0.3) is 0 Å². The highest BCUT2D eigenvalue weighted by molar-refractivity contribution is 5.76. The molecular weight excluding hydrogens is 364 g/mol. The van der Waals surface area contributed by atoms with E-state index in [1.807, 2.05) is 24.0 Å². The molecule has 1 amide bonds. The second-order valence-electron chi connectivity index (χ2n) is 7.65. The molecule has 1 saturated heterocycles. The Labute approximate surface area is 173 Å². The van der Waals surface area contributed by atoms with E-state index in [0.29, 0.717) is 6.42 Å². The Morgan fingerprint density at radius 2 is 1.83 bits per heavy atom. The summed E-state index contributed by atoms with van der Waals surface area (Å²) in [6, 6.07) is 8.16. The van der Waals surface area contributed by atoms with Gasteiger partial charge in [-0.25, -0.2) is 9.97 Å². The lowest BCUT2D eigenvalue weighted by atomic mass is 10.0. The van der Waals surface area contributed by atoms with Gasteiger partial charge in [0.15, 0.2) is 0 Å². The summed E-state index contributed by atoms with van der Waals surface area (Å²) in [5.74, 6) is 2.92. The molecule has 1 aliphatic rings. The zero-order chi connectivity index (χ0) is 20.8. The summed E-state index contributed by atoms with van der Waals surface area (Å²) >= 11 is 0. The summed E-state index contributed by atoms with van der Waals surface area (Å²) < 4.78 is 5.27. The van der Waals surface area contributed by atoms with Crippen molar-refractivity contribution < 1.29 is 9.53 Å². The number of ether oxygens (including phenoxy) is 1. The molecule has 29 heavy (non-hydrogen) atoms. The minimum absolute atomic E-state index is 0.267. The van der Waals surface area contributed by atoms with Gasteiger partial charge in [0.05, 0.1) is 7.11 Å². The lowest BCUT2D eigenvalue weighted by Crippen LogP contribution is -2.35. The maximum Gasteiger partial charge on any atom is 0.222 e. The van der Waals surface area contributed by atoms with Crippen LogP contribution in [0.2, 0.25) is 0 Å². The fraction of sp³-hybridized carbons (Fsp3) is 0.522. The molecule has 1 aliphatic heterocycles. The summed E-state index contributed by atoms with van der Waals surface area (Å²) in [4.78, 5) is 26.1. The lowest BCUT2D eigenvalue weighted by molar-refractivity contribution is -0.131. The van der Waals surface area contributed by atoms with E-state index >= 15 is 0 Å². The first kappa shape index (κ1) is 21.1. The van der Waals surface area contributed by atoms with Gasteiger partial charge in [-0.15, -0.1) is 0 Å². The van der Waals surface area contributed by atoms with E-state index < -0.39 is 0 Å². The van der Waals surface area contributed by atoms with Crippen LogP contribution in [0, 0.1) is 13.8 Å². The molecule has 6 heteroatoms. The third-order valence-corrected chi connectivity index (χ3v) is 5.46. The van der Waals surface area contributed by atoms with Crippen LogP contribution in [0.15, 0.2) is 24.3 Å². The molecule has 1 fully saturated rings. The second-order valence-corrected chi connectivity index (χ2v) is 7.65. The SMILES string of the molecule is CCCC(=O)N1CCCN(c2nc(C)nc(C)c2Cc2ccc(OC)cc2)CC1. The van der Waals surface area contributed by atoms with Crippen molar-refractivity contribution in [1.29, 1.82) is 0 Å².